The zero-order valence-corrected chi connectivity index (χ0v) is 13.9. The minimum Gasteiger partial charge on any atom is -0.497 e. The number of rotatable bonds is 5. The Hall–Kier alpha value is -2.53. The largest absolute Gasteiger partial charge is 0.497 e. The Bertz CT molecular complexity index is 716. The number of fused-ring (bicyclic) bond motifs is 1. The van der Waals surface area contributed by atoms with Gasteiger partial charge >= 0.3 is 0 Å². The predicted octanol–water partition coefficient (Wildman–Crippen LogP) is 3.03. The fourth-order valence-corrected chi connectivity index (χ4v) is 2.67. The standard InChI is InChI=1S/C19H21NO4/c1-14(24-13-15-6-5-7-16(12-15)22-2)19(21)20-10-11-23-18-9-4-3-8-17(18)20/h3-9,12,14H,10-11,13H2,1-2H3. The number of ether oxygens (including phenoxy) is 3. The number of para-hydroxylation sites is 2. The van der Waals surface area contributed by atoms with E-state index in [1.165, 1.54) is 0 Å². The van der Waals surface area contributed by atoms with Crippen molar-refractivity contribution in [2.24, 2.45) is 0 Å². The molecular weight excluding hydrogens is 306 g/mol. The van der Waals surface area contributed by atoms with Gasteiger partial charge in [0, 0.05) is 0 Å². The van der Waals surface area contributed by atoms with Crippen molar-refractivity contribution in [2.75, 3.05) is 25.2 Å². The van der Waals surface area contributed by atoms with Gasteiger partial charge in [0.1, 0.15) is 24.2 Å². The zero-order chi connectivity index (χ0) is 16.9. The van der Waals surface area contributed by atoms with E-state index in [2.05, 4.69) is 0 Å². The van der Waals surface area contributed by atoms with E-state index in [0.717, 1.165) is 22.7 Å². The predicted molar refractivity (Wildman–Crippen MR) is 91.5 cm³/mol. The van der Waals surface area contributed by atoms with Crippen LogP contribution in [-0.2, 0) is 16.1 Å². The lowest BCUT2D eigenvalue weighted by molar-refractivity contribution is -0.130. The molecule has 126 valence electrons. The molecule has 0 spiro atoms. The fraction of sp³-hybridized carbons (Fsp3) is 0.316. The second-order valence-electron chi connectivity index (χ2n) is 5.61. The van der Waals surface area contributed by atoms with E-state index < -0.39 is 6.10 Å². The Kier molecular flexibility index (Phi) is 5.01. The molecule has 5 heteroatoms. The van der Waals surface area contributed by atoms with E-state index in [1.54, 1.807) is 18.9 Å². The summed E-state index contributed by atoms with van der Waals surface area (Å²) < 4.78 is 16.6. The maximum atomic E-state index is 12.7. The van der Waals surface area contributed by atoms with Crippen molar-refractivity contribution >= 4 is 11.6 Å². The number of benzene rings is 2. The van der Waals surface area contributed by atoms with Crippen molar-refractivity contribution < 1.29 is 19.0 Å². The fourth-order valence-electron chi connectivity index (χ4n) is 2.67. The third-order valence-corrected chi connectivity index (χ3v) is 3.98. The van der Waals surface area contributed by atoms with E-state index in [1.807, 2.05) is 48.5 Å². The summed E-state index contributed by atoms with van der Waals surface area (Å²) in [6.45, 7) is 3.16. The number of anilines is 1. The lowest BCUT2D eigenvalue weighted by Gasteiger charge is -2.31. The third kappa shape index (κ3) is 3.51. The lowest BCUT2D eigenvalue weighted by atomic mass is 10.2. The first-order chi connectivity index (χ1) is 11.7. The van der Waals surface area contributed by atoms with Gasteiger partial charge in [-0.15, -0.1) is 0 Å². The molecule has 0 fully saturated rings. The van der Waals surface area contributed by atoms with Gasteiger partial charge in [-0.3, -0.25) is 4.79 Å². The number of hydrogen-bond acceptors (Lipinski definition) is 4. The van der Waals surface area contributed by atoms with Gasteiger partial charge < -0.3 is 19.1 Å². The maximum Gasteiger partial charge on any atom is 0.256 e. The molecule has 1 heterocycles. The summed E-state index contributed by atoms with van der Waals surface area (Å²) in [5.74, 6) is 1.45. The van der Waals surface area contributed by atoms with Crippen molar-refractivity contribution in [1.29, 1.82) is 0 Å². The van der Waals surface area contributed by atoms with Crippen LogP contribution >= 0.6 is 0 Å². The highest BCUT2D eigenvalue weighted by atomic mass is 16.5. The number of nitrogens with zero attached hydrogens (tertiary/aromatic N) is 1. The number of carbonyl (C=O) groups is 1. The maximum absolute atomic E-state index is 12.7. The van der Waals surface area contributed by atoms with Crippen LogP contribution < -0.4 is 14.4 Å². The molecule has 0 radical (unpaired) electrons. The molecule has 0 saturated heterocycles. The quantitative estimate of drug-likeness (QED) is 0.847. The van der Waals surface area contributed by atoms with E-state index in [-0.39, 0.29) is 5.91 Å². The number of carbonyl (C=O) groups excluding carboxylic acids is 1. The Labute approximate surface area is 141 Å². The van der Waals surface area contributed by atoms with Crippen LogP contribution in [0.5, 0.6) is 11.5 Å². The van der Waals surface area contributed by atoms with Gasteiger partial charge in [-0.1, -0.05) is 24.3 Å². The summed E-state index contributed by atoms with van der Waals surface area (Å²) in [5, 5.41) is 0. The number of hydrogen-bond donors (Lipinski definition) is 0. The molecule has 1 amide bonds. The molecule has 24 heavy (non-hydrogen) atoms. The summed E-state index contributed by atoms with van der Waals surface area (Å²) in [6.07, 6.45) is -0.539. The number of amides is 1. The monoisotopic (exact) mass is 327 g/mol. The Morgan fingerprint density at radius 2 is 2.08 bits per heavy atom. The van der Waals surface area contributed by atoms with Crippen LogP contribution in [0.25, 0.3) is 0 Å². The molecule has 1 unspecified atom stereocenters. The van der Waals surface area contributed by atoms with Crippen LogP contribution in [0.3, 0.4) is 0 Å². The second kappa shape index (κ2) is 7.36. The van der Waals surface area contributed by atoms with Gasteiger partial charge in [-0.25, -0.2) is 0 Å². The molecule has 3 rings (SSSR count). The van der Waals surface area contributed by atoms with Crippen LogP contribution in [0.1, 0.15) is 12.5 Å². The van der Waals surface area contributed by atoms with Gasteiger partial charge in [-0.2, -0.15) is 0 Å². The molecule has 1 aliphatic heterocycles. The lowest BCUT2D eigenvalue weighted by Crippen LogP contribution is -2.43. The smallest absolute Gasteiger partial charge is 0.256 e. The Balaban J connectivity index is 1.65. The summed E-state index contributed by atoms with van der Waals surface area (Å²) in [4.78, 5) is 14.5. The highest BCUT2D eigenvalue weighted by molar-refractivity contribution is 5.98. The van der Waals surface area contributed by atoms with Crippen molar-refractivity contribution in [3.8, 4) is 11.5 Å². The average Bonchev–Trinajstić information content (AvgIpc) is 2.65. The highest BCUT2D eigenvalue weighted by Gasteiger charge is 2.27. The Morgan fingerprint density at radius 1 is 1.25 bits per heavy atom. The normalized spacial score (nSPS) is 14.5. The zero-order valence-electron chi connectivity index (χ0n) is 13.9. The van der Waals surface area contributed by atoms with E-state index in [4.69, 9.17) is 14.2 Å². The van der Waals surface area contributed by atoms with Crippen molar-refractivity contribution in [2.45, 2.75) is 19.6 Å². The van der Waals surface area contributed by atoms with E-state index in [0.29, 0.717) is 19.8 Å². The van der Waals surface area contributed by atoms with Crippen molar-refractivity contribution in [3.63, 3.8) is 0 Å². The van der Waals surface area contributed by atoms with Crippen LogP contribution in [0, 0.1) is 0 Å². The molecule has 5 nitrogen and oxygen atoms in total. The van der Waals surface area contributed by atoms with E-state index >= 15 is 0 Å². The molecule has 1 aliphatic rings. The number of methoxy groups -OCH3 is 1. The molecule has 0 saturated carbocycles. The SMILES string of the molecule is COc1cccc(COC(C)C(=O)N2CCOc3ccccc32)c1. The van der Waals surface area contributed by atoms with Gasteiger partial charge in [0.05, 0.1) is 25.9 Å². The molecule has 0 aliphatic carbocycles. The minimum absolute atomic E-state index is 0.0614. The molecule has 1 atom stereocenters. The summed E-state index contributed by atoms with van der Waals surface area (Å²) in [7, 11) is 1.63. The molecule has 0 N–H and O–H groups in total. The first-order valence-electron chi connectivity index (χ1n) is 7.97. The van der Waals surface area contributed by atoms with Crippen molar-refractivity contribution in [1.82, 2.24) is 0 Å². The Morgan fingerprint density at radius 3 is 2.92 bits per heavy atom. The highest BCUT2D eigenvalue weighted by Crippen LogP contribution is 2.31. The first kappa shape index (κ1) is 16.3. The second-order valence-corrected chi connectivity index (χ2v) is 5.61. The molecule has 0 aromatic heterocycles. The molecular formula is C19H21NO4. The van der Waals surface area contributed by atoms with Gasteiger partial charge in [-0.05, 0) is 36.8 Å². The first-order valence-corrected chi connectivity index (χ1v) is 7.97. The summed E-state index contributed by atoms with van der Waals surface area (Å²) in [6, 6.07) is 15.2. The molecule has 2 aromatic rings. The molecule has 2 aromatic carbocycles. The average molecular weight is 327 g/mol. The van der Waals surface area contributed by atoms with E-state index in [9.17, 15) is 4.79 Å². The van der Waals surface area contributed by atoms with Gasteiger partial charge in [0.2, 0.25) is 0 Å². The van der Waals surface area contributed by atoms with Crippen molar-refractivity contribution in [3.05, 3.63) is 54.1 Å². The molecule has 0 bridgehead atoms. The van der Waals surface area contributed by atoms with Crippen LogP contribution in [0.4, 0.5) is 5.69 Å². The topological polar surface area (TPSA) is 48.0 Å². The minimum atomic E-state index is -0.539. The van der Waals surface area contributed by atoms with Gasteiger partial charge in [0.15, 0.2) is 0 Å². The van der Waals surface area contributed by atoms with Crippen LogP contribution in [-0.4, -0.2) is 32.3 Å². The third-order valence-electron chi connectivity index (χ3n) is 3.98. The van der Waals surface area contributed by atoms with Gasteiger partial charge in [0.25, 0.3) is 5.91 Å². The summed E-state index contributed by atoms with van der Waals surface area (Å²) in [5.41, 5.74) is 1.77. The van der Waals surface area contributed by atoms with Crippen LogP contribution in [0.15, 0.2) is 48.5 Å². The van der Waals surface area contributed by atoms with Crippen LogP contribution in [0.2, 0.25) is 0 Å². The summed E-state index contributed by atoms with van der Waals surface area (Å²) >= 11 is 0.